The topological polar surface area (TPSA) is 92.0 Å². The van der Waals surface area contributed by atoms with Crippen LogP contribution in [0, 0.1) is 0 Å². The zero-order valence-corrected chi connectivity index (χ0v) is 15.1. The van der Waals surface area contributed by atoms with Crippen LogP contribution in [0.25, 0.3) is 11.0 Å². The number of Topliss-reactive ketones (excluding diaryl/α,β-unsaturated/α-hetero) is 1. The van der Waals surface area contributed by atoms with Gasteiger partial charge >= 0.3 is 11.6 Å². The van der Waals surface area contributed by atoms with E-state index in [4.69, 9.17) is 13.9 Å². The Bertz CT molecular complexity index is 851. The second kappa shape index (κ2) is 9.03. The van der Waals surface area contributed by atoms with Crippen LogP contribution >= 0.6 is 0 Å². The van der Waals surface area contributed by atoms with Crippen molar-refractivity contribution in [3.63, 3.8) is 0 Å². The van der Waals surface area contributed by atoms with Gasteiger partial charge in [-0.3, -0.25) is 9.59 Å². The molecule has 0 atom stereocenters. The van der Waals surface area contributed by atoms with Gasteiger partial charge in [0.15, 0.2) is 5.78 Å². The Morgan fingerprint density at radius 1 is 1.04 bits per heavy atom. The SMILES string of the molecule is CCCOc1cc(OCCC)c2cc(C(=O)CC(=O)OC)c(=O)oc2c1. The first-order chi connectivity index (χ1) is 12.5. The molecular formula is C19H22O7. The Morgan fingerprint density at radius 2 is 1.73 bits per heavy atom. The van der Waals surface area contributed by atoms with E-state index in [0.717, 1.165) is 12.8 Å². The Kier molecular flexibility index (Phi) is 6.77. The molecule has 0 aliphatic carbocycles. The number of carbonyl (C=O) groups excluding carboxylic acids is 2. The van der Waals surface area contributed by atoms with Gasteiger partial charge in [0.1, 0.15) is 29.1 Å². The molecule has 7 heteroatoms. The van der Waals surface area contributed by atoms with Gasteiger partial charge in [-0.15, -0.1) is 0 Å². The van der Waals surface area contributed by atoms with Crippen LogP contribution in [0.5, 0.6) is 11.5 Å². The molecule has 0 bridgehead atoms. The van der Waals surface area contributed by atoms with Gasteiger partial charge in [0.2, 0.25) is 0 Å². The number of esters is 1. The summed E-state index contributed by atoms with van der Waals surface area (Å²) in [5, 5.41) is 0.468. The first-order valence-corrected chi connectivity index (χ1v) is 8.47. The zero-order chi connectivity index (χ0) is 19.1. The predicted molar refractivity (Wildman–Crippen MR) is 95.0 cm³/mol. The number of hydrogen-bond donors (Lipinski definition) is 0. The Labute approximate surface area is 150 Å². The van der Waals surface area contributed by atoms with Gasteiger partial charge in [-0.25, -0.2) is 4.79 Å². The number of fused-ring (bicyclic) bond motifs is 1. The van der Waals surface area contributed by atoms with Crippen LogP contribution in [0.3, 0.4) is 0 Å². The molecule has 7 nitrogen and oxygen atoms in total. The minimum absolute atomic E-state index is 0.216. The van der Waals surface area contributed by atoms with E-state index >= 15 is 0 Å². The van der Waals surface area contributed by atoms with Crippen molar-refractivity contribution in [3.05, 3.63) is 34.2 Å². The summed E-state index contributed by atoms with van der Waals surface area (Å²) in [6.07, 6.45) is 1.08. The summed E-state index contributed by atoms with van der Waals surface area (Å²) >= 11 is 0. The van der Waals surface area contributed by atoms with Crippen LogP contribution in [-0.2, 0) is 9.53 Å². The van der Waals surface area contributed by atoms with Crippen molar-refractivity contribution in [2.45, 2.75) is 33.1 Å². The van der Waals surface area contributed by atoms with Crippen LogP contribution in [0.4, 0.5) is 0 Å². The van der Waals surface area contributed by atoms with Crippen molar-refractivity contribution in [1.29, 1.82) is 0 Å². The van der Waals surface area contributed by atoms with Gasteiger partial charge in [-0.05, 0) is 18.9 Å². The van der Waals surface area contributed by atoms with Crippen LogP contribution in [0.1, 0.15) is 43.5 Å². The summed E-state index contributed by atoms with van der Waals surface area (Å²) in [7, 11) is 1.17. The fourth-order valence-corrected chi connectivity index (χ4v) is 2.29. The summed E-state index contributed by atoms with van der Waals surface area (Å²) < 4.78 is 21.1. The van der Waals surface area contributed by atoms with E-state index in [0.29, 0.717) is 30.1 Å². The predicted octanol–water partition coefficient (Wildman–Crippen LogP) is 3.12. The third-order valence-corrected chi connectivity index (χ3v) is 3.56. The molecule has 0 N–H and O–H groups in total. The molecule has 0 aliphatic heterocycles. The van der Waals surface area contributed by atoms with Gasteiger partial charge in [-0.1, -0.05) is 13.8 Å². The number of ether oxygens (including phenoxy) is 3. The van der Waals surface area contributed by atoms with Crippen molar-refractivity contribution in [2.75, 3.05) is 20.3 Å². The minimum Gasteiger partial charge on any atom is -0.493 e. The van der Waals surface area contributed by atoms with E-state index < -0.39 is 23.8 Å². The average molecular weight is 362 g/mol. The van der Waals surface area contributed by atoms with Gasteiger partial charge < -0.3 is 18.6 Å². The standard InChI is InChI=1S/C19H22O7/c1-4-6-24-12-8-16(25-7-5-2)14-10-13(15(20)11-18(21)23-3)19(22)26-17(14)9-12/h8-10H,4-7,11H2,1-3H3. The number of methoxy groups -OCH3 is 1. The molecule has 1 aromatic carbocycles. The van der Waals surface area contributed by atoms with E-state index in [1.807, 2.05) is 13.8 Å². The molecule has 2 rings (SSSR count). The van der Waals surface area contributed by atoms with Crippen LogP contribution in [0.2, 0.25) is 0 Å². The maximum Gasteiger partial charge on any atom is 0.347 e. The molecule has 0 aliphatic rings. The summed E-state index contributed by atoms with van der Waals surface area (Å²) in [4.78, 5) is 35.7. The van der Waals surface area contributed by atoms with Gasteiger partial charge in [0.05, 0.1) is 25.7 Å². The fraction of sp³-hybridized carbons (Fsp3) is 0.421. The number of rotatable bonds is 9. The third-order valence-electron chi connectivity index (χ3n) is 3.56. The highest BCUT2D eigenvalue weighted by atomic mass is 16.5. The van der Waals surface area contributed by atoms with E-state index in [-0.39, 0.29) is 11.1 Å². The molecule has 0 radical (unpaired) electrons. The Morgan fingerprint density at radius 3 is 2.38 bits per heavy atom. The van der Waals surface area contributed by atoms with Crippen molar-refractivity contribution in [2.24, 2.45) is 0 Å². The van der Waals surface area contributed by atoms with Crippen molar-refractivity contribution in [1.82, 2.24) is 0 Å². The van der Waals surface area contributed by atoms with Gasteiger partial charge in [-0.2, -0.15) is 0 Å². The van der Waals surface area contributed by atoms with Crippen LogP contribution in [-0.4, -0.2) is 32.1 Å². The summed E-state index contributed by atoms with van der Waals surface area (Å²) in [5.74, 6) is -0.422. The van der Waals surface area contributed by atoms with Crippen LogP contribution in [0.15, 0.2) is 27.4 Å². The molecule has 26 heavy (non-hydrogen) atoms. The molecule has 2 aromatic rings. The number of hydrogen-bond acceptors (Lipinski definition) is 7. The molecule has 0 unspecified atom stereocenters. The largest absolute Gasteiger partial charge is 0.493 e. The van der Waals surface area contributed by atoms with E-state index in [9.17, 15) is 14.4 Å². The molecule has 0 spiro atoms. The van der Waals surface area contributed by atoms with E-state index in [2.05, 4.69) is 4.74 Å². The molecular weight excluding hydrogens is 340 g/mol. The molecule has 1 aromatic heterocycles. The maximum atomic E-state index is 12.2. The summed E-state index contributed by atoms with van der Waals surface area (Å²) in [6.45, 7) is 4.91. The smallest absolute Gasteiger partial charge is 0.347 e. The lowest BCUT2D eigenvalue weighted by molar-refractivity contribution is -0.139. The van der Waals surface area contributed by atoms with Crippen molar-refractivity contribution in [3.8, 4) is 11.5 Å². The van der Waals surface area contributed by atoms with Gasteiger partial charge in [0, 0.05) is 12.1 Å². The normalized spacial score (nSPS) is 10.6. The number of benzene rings is 1. The second-order valence-corrected chi connectivity index (χ2v) is 5.65. The third kappa shape index (κ3) is 4.62. The Balaban J connectivity index is 2.52. The monoisotopic (exact) mass is 362 g/mol. The molecule has 1 heterocycles. The fourth-order valence-electron chi connectivity index (χ4n) is 2.29. The highest BCUT2D eigenvalue weighted by Crippen LogP contribution is 2.31. The molecule has 0 saturated carbocycles. The molecule has 0 fully saturated rings. The lowest BCUT2D eigenvalue weighted by Gasteiger charge is -2.12. The van der Waals surface area contributed by atoms with Crippen molar-refractivity contribution >= 4 is 22.7 Å². The molecule has 0 amide bonds. The van der Waals surface area contributed by atoms with E-state index in [1.54, 1.807) is 12.1 Å². The lowest BCUT2D eigenvalue weighted by atomic mass is 10.1. The quantitative estimate of drug-likeness (QED) is 0.293. The van der Waals surface area contributed by atoms with Gasteiger partial charge in [0.25, 0.3) is 0 Å². The molecule has 140 valence electrons. The summed E-state index contributed by atoms with van der Waals surface area (Å²) in [5.41, 5.74) is -0.781. The summed E-state index contributed by atoms with van der Waals surface area (Å²) in [6, 6.07) is 4.67. The number of ketones is 1. The van der Waals surface area contributed by atoms with Crippen LogP contribution < -0.4 is 15.1 Å². The maximum absolute atomic E-state index is 12.2. The minimum atomic E-state index is -0.819. The molecule has 0 saturated heterocycles. The second-order valence-electron chi connectivity index (χ2n) is 5.65. The first-order valence-electron chi connectivity index (χ1n) is 8.47. The highest BCUT2D eigenvalue weighted by molar-refractivity contribution is 6.07. The van der Waals surface area contributed by atoms with Crippen molar-refractivity contribution < 1.29 is 28.2 Å². The zero-order valence-electron chi connectivity index (χ0n) is 15.1. The Hall–Kier alpha value is -2.83. The average Bonchev–Trinajstić information content (AvgIpc) is 2.63. The van der Waals surface area contributed by atoms with E-state index in [1.165, 1.54) is 13.2 Å². The number of carbonyl (C=O) groups is 2. The highest BCUT2D eigenvalue weighted by Gasteiger charge is 2.19. The lowest BCUT2D eigenvalue weighted by Crippen LogP contribution is -2.17. The first kappa shape index (κ1) is 19.5.